The lowest BCUT2D eigenvalue weighted by Crippen LogP contribution is -2.25. The normalized spacial score (nSPS) is 19.4. The van der Waals surface area contributed by atoms with Crippen LogP contribution in [0.5, 0.6) is 11.5 Å². The number of rotatable bonds is 5. The maximum atomic E-state index is 5.67. The molecule has 0 fully saturated rings. The summed E-state index contributed by atoms with van der Waals surface area (Å²) < 4.78 is 11.3. The lowest BCUT2D eigenvalue weighted by atomic mass is 9.76. The maximum Gasteiger partial charge on any atom is 0.119 e. The van der Waals surface area contributed by atoms with Gasteiger partial charge in [-0.2, -0.15) is 0 Å². The second kappa shape index (κ2) is 12.5. The molecule has 6 heteroatoms. The van der Waals surface area contributed by atoms with Gasteiger partial charge in [0, 0.05) is 56.1 Å². The number of hydrogen-bond acceptors (Lipinski definition) is 3. The molecule has 8 rings (SSSR count). The van der Waals surface area contributed by atoms with Crippen LogP contribution in [0.1, 0.15) is 66.2 Å². The average Bonchev–Trinajstić information content (AvgIpc) is 3.96. The van der Waals surface area contributed by atoms with E-state index >= 15 is 0 Å². The largest absolute Gasteiger partial charge is 0.497 e. The number of aliphatic imine (C=N–C) groups is 1. The summed E-state index contributed by atoms with van der Waals surface area (Å²) in [6.07, 6.45) is 4.33. The molecular weight excluding hydrogens is 617 g/mol. The fourth-order valence-electron chi connectivity index (χ4n) is 7.36. The lowest BCUT2D eigenvalue weighted by Gasteiger charge is -2.29. The summed E-state index contributed by atoms with van der Waals surface area (Å²) in [5.74, 6) is 1.61. The molecule has 1 unspecified atom stereocenters. The second-order valence-electron chi connectivity index (χ2n) is 13.9. The topological polar surface area (TPSA) is 78.2 Å². The molecule has 0 radical (unpaired) electrons. The van der Waals surface area contributed by atoms with Gasteiger partial charge >= 0.3 is 0 Å². The van der Waals surface area contributed by atoms with Gasteiger partial charge in [0.15, 0.2) is 0 Å². The Hall–Kier alpha value is -6.01. The van der Waals surface area contributed by atoms with Crippen molar-refractivity contribution >= 4 is 22.4 Å². The minimum atomic E-state index is -0.128. The van der Waals surface area contributed by atoms with E-state index in [0.717, 1.165) is 89.8 Å². The van der Waals surface area contributed by atoms with Crippen LogP contribution >= 0.6 is 0 Å². The van der Waals surface area contributed by atoms with E-state index in [0.29, 0.717) is 0 Å². The highest BCUT2D eigenvalue weighted by atomic mass is 16.5. The number of methoxy groups -OCH3 is 2. The predicted octanol–water partition coefficient (Wildman–Crippen LogP) is 8.10. The SMILES string of the molecule is COc1cccc(/C2=C3\C=CC(=N3)C(C(C)(C)C)c3ccc([nH]3)/C(c3cccc(OC)c3)=c3/cc/c([nH]3)=C(\c3ccccc3)c3ccc2[nH]3)c1. The minimum Gasteiger partial charge on any atom is -0.497 e. The van der Waals surface area contributed by atoms with Crippen molar-refractivity contribution in [2.45, 2.75) is 26.7 Å². The standard InChI is InChI=1S/C44H40N4O2/c1-44(2,3)43-38-23-21-36(47-38)41(28-13-9-15-30(25-28)49-4)34-19-17-32(45-34)40(27-11-7-6-8-12-27)33-18-20-35(46-33)42(37-22-24-39(43)48-37)29-14-10-16-31(26-29)50-5/h6-26,43,45-47H,1-5H3/b40-32-,41-34-,42-37-. The Kier molecular flexibility index (Phi) is 7.79. The van der Waals surface area contributed by atoms with Crippen molar-refractivity contribution in [3.8, 4) is 11.5 Å². The smallest absolute Gasteiger partial charge is 0.119 e. The fraction of sp³-hybridized carbons (Fsp3) is 0.159. The molecule has 3 N–H and O–H groups in total. The van der Waals surface area contributed by atoms with Gasteiger partial charge in [-0.1, -0.05) is 75.4 Å². The van der Waals surface area contributed by atoms with E-state index in [1.54, 1.807) is 14.2 Å². The van der Waals surface area contributed by atoms with Crippen LogP contribution in [0, 0.1) is 5.41 Å². The highest BCUT2D eigenvalue weighted by Gasteiger charge is 2.33. The Morgan fingerprint density at radius 3 is 1.74 bits per heavy atom. The van der Waals surface area contributed by atoms with E-state index in [-0.39, 0.29) is 11.3 Å². The van der Waals surface area contributed by atoms with Crippen LogP contribution in [0.2, 0.25) is 0 Å². The van der Waals surface area contributed by atoms with Crippen LogP contribution in [-0.4, -0.2) is 34.9 Å². The van der Waals surface area contributed by atoms with Crippen LogP contribution in [0.25, 0.3) is 16.7 Å². The number of nitrogens with one attached hydrogen (secondary N) is 3. The molecular formula is C44H40N4O2. The van der Waals surface area contributed by atoms with Gasteiger partial charge in [0.25, 0.3) is 0 Å². The van der Waals surface area contributed by atoms with Crippen LogP contribution < -0.4 is 20.2 Å². The number of ether oxygens (including phenoxy) is 2. The van der Waals surface area contributed by atoms with Gasteiger partial charge < -0.3 is 24.4 Å². The Morgan fingerprint density at radius 1 is 0.540 bits per heavy atom. The van der Waals surface area contributed by atoms with Gasteiger partial charge in [-0.05, 0) is 94.9 Å². The summed E-state index contributed by atoms with van der Waals surface area (Å²) in [4.78, 5) is 16.9. The molecule has 6 nitrogen and oxygen atoms in total. The van der Waals surface area contributed by atoms with Crippen molar-refractivity contribution in [2.75, 3.05) is 14.2 Å². The molecule has 3 aromatic carbocycles. The van der Waals surface area contributed by atoms with E-state index in [9.17, 15) is 0 Å². The van der Waals surface area contributed by atoms with Crippen LogP contribution in [0.15, 0.2) is 138 Å². The Bertz CT molecular complexity index is 2440. The summed E-state index contributed by atoms with van der Waals surface area (Å²) in [7, 11) is 3.41. The maximum absolute atomic E-state index is 5.67. The summed E-state index contributed by atoms with van der Waals surface area (Å²) in [5, 5.41) is 2.00. The number of allylic oxidation sites excluding steroid dienone is 2. The number of aromatic nitrogens is 3. The van der Waals surface area contributed by atoms with Gasteiger partial charge in [0.05, 0.1) is 25.6 Å². The molecule has 0 amide bonds. The lowest BCUT2D eigenvalue weighted by molar-refractivity contribution is 0.379. The number of nitrogens with zero attached hydrogens (tertiary/aromatic N) is 1. The van der Waals surface area contributed by atoms with Crippen molar-refractivity contribution in [1.29, 1.82) is 0 Å². The van der Waals surface area contributed by atoms with Gasteiger partial charge in [0.2, 0.25) is 0 Å². The quantitative estimate of drug-likeness (QED) is 0.175. The Balaban J connectivity index is 1.48. The molecule has 2 aliphatic rings. The Morgan fingerprint density at radius 2 is 1.10 bits per heavy atom. The van der Waals surface area contributed by atoms with Crippen molar-refractivity contribution in [3.05, 3.63) is 183 Å². The second-order valence-corrected chi connectivity index (χ2v) is 13.9. The molecule has 1 atom stereocenters. The zero-order chi connectivity index (χ0) is 34.4. The van der Waals surface area contributed by atoms with Crippen molar-refractivity contribution in [2.24, 2.45) is 10.4 Å². The van der Waals surface area contributed by atoms with E-state index in [1.165, 1.54) is 0 Å². The molecule has 50 heavy (non-hydrogen) atoms. The third kappa shape index (κ3) is 5.63. The average molecular weight is 657 g/mol. The molecule has 0 aliphatic carbocycles. The zero-order valence-corrected chi connectivity index (χ0v) is 29.0. The van der Waals surface area contributed by atoms with E-state index in [4.69, 9.17) is 14.5 Å². The third-order valence-electron chi connectivity index (χ3n) is 9.60. The molecule has 248 valence electrons. The summed E-state index contributed by atoms with van der Waals surface area (Å²) in [6.45, 7) is 6.83. The molecule has 8 bridgehead atoms. The molecule has 0 saturated heterocycles. The monoisotopic (exact) mass is 656 g/mol. The van der Waals surface area contributed by atoms with E-state index < -0.39 is 0 Å². The van der Waals surface area contributed by atoms with Crippen molar-refractivity contribution in [1.82, 2.24) is 15.0 Å². The molecule has 3 aromatic heterocycles. The first kappa shape index (κ1) is 31.3. The van der Waals surface area contributed by atoms with Gasteiger partial charge in [-0.25, -0.2) is 0 Å². The van der Waals surface area contributed by atoms with Gasteiger partial charge in [0.1, 0.15) is 11.5 Å². The number of hydrogen-bond donors (Lipinski definition) is 3. The highest BCUT2D eigenvalue weighted by molar-refractivity contribution is 6.05. The van der Waals surface area contributed by atoms with Crippen LogP contribution in [-0.2, 0) is 0 Å². The third-order valence-corrected chi connectivity index (χ3v) is 9.60. The van der Waals surface area contributed by atoms with E-state index in [2.05, 4.69) is 139 Å². The summed E-state index contributed by atoms with van der Waals surface area (Å²) >= 11 is 0. The molecule has 6 aromatic rings. The van der Waals surface area contributed by atoms with Gasteiger partial charge in [-0.3, -0.25) is 4.99 Å². The molecule has 2 aliphatic heterocycles. The number of fused-ring (bicyclic) bond motifs is 7. The fourth-order valence-corrected chi connectivity index (χ4v) is 7.36. The summed E-state index contributed by atoms with van der Waals surface area (Å²) in [5.41, 5.74) is 12.2. The first-order chi connectivity index (χ1) is 24.3. The van der Waals surface area contributed by atoms with Crippen LogP contribution in [0.4, 0.5) is 0 Å². The molecule has 5 heterocycles. The van der Waals surface area contributed by atoms with Gasteiger partial charge in [-0.15, -0.1) is 0 Å². The first-order valence-electron chi connectivity index (χ1n) is 17.0. The summed E-state index contributed by atoms with van der Waals surface area (Å²) in [6, 6.07) is 40.1. The molecule has 0 saturated carbocycles. The zero-order valence-electron chi connectivity index (χ0n) is 29.0. The highest BCUT2D eigenvalue weighted by Crippen LogP contribution is 2.41. The first-order valence-corrected chi connectivity index (χ1v) is 17.0. The number of H-pyrrole nitrogens is 3. The Labute approximate surface area is 292 Å². The van der Waals surface area contributed by atoms with E-state index in [1.807, 2.05) is 24.3 Å². The minimum absolute atomic E-state index is 0.00690. The number of benzene rings is 3. The predicted molar refractivity (Wildman–Crippen MR) is 202 cm³/mol. The van der Waals surface area contributed by atoms with Crippen molar-refractivity contribution < 1.29 is 9.47 Å². The molecule has 0 spiro atoms. The van der Waals surface area contributed by atoms with Crippen LogP contribution in [0.3, 0.4) is 0 Å². The number of aromatic amines is 3. The van der Waals surface area contributed by atoms with Crippen molar-refractivity contribution in [3.63, 3.8) is 0 Å².